The predicted molar refractivity (Wildman–Crippen MR) is 92.0 cm³/mol. The molecule has 0 aromatic heterocycles. The van der Waals surface area contributed by atoms with Crippen LogP contribution in [0, 0.1) is 0 Å². The standard InChI is InChI=1S/C16H30N6/c1-7-15(17-9-10-18-15)13(3,4)21-22-14(5,6)16(8-2)19-11-12-20-16/h9,11,18,20H,7-8,10,12H2,1-6H3. The van der Waals surface area contributed by atoms with Gasteiger partial charge in [-0.1, -0.05) is 13.8 Å². The summed E-state index contributed by atoms with van der Waals surface area (Å²) in [6.07, 6.45) is 5.63. The van der Waals surface area contributed by atoms with E-state index in [1.807, 2.05) is 12.4 Å². The molecule has 6 heteroatoms. The van der Waals surface area contributed by atoms with Crippen LogP contribution >= 0.6 is 0 Å². The fourth-order valence-electron chi connectivity index (χ4n) is 3.38. The Balaban J connectivity index is 2.26. The Morgan fingerprint density at radius 3 is 1.45 bits per heavy atom. The number of nitrogens with zero attached hydrogens (tertiary/aromatic N) is 4. The summed E-state index contributed by atoms with van der Waals surface area (Å²) in [5.41, 5.74) is -1.55. The van der Waals surface area contributed by atoms with E-state index in [4.69, 9.17) is 10.2 Å². The van der Waals surface area contributed by atoms with Gasteiger partial charge >= 0.3 is 0 Å². The van der Waals surface area contributed by atoms with E-state index in [2.05, 4.69) is 62.2 Å². The Hall–Kier alpha value is -1.14. The normalized spacial score (nSPS) is 32.5. The van der Waals surface area contributed by atoms with Gasteiger partial charge in [-0.25, -0.2) is 0 Å². The minimum Gasteiger partial charge on any atom is -0.286 e. The summed E-state index contributed by atoms with van der Waals surface area (Å²) < 4.78 is 0. The zero-order valence-corrected chi connectivity index (χ0v) is 14.8. The fourth-order valence-corrected chi connectivity index (χ4v) is 3.38. The molecule has 0 fully saturated rings. The Morgan fingerprint density at radius 1 is 0.864 bits per heavy atom. The van der Waals surface area contributed by atoms with Gasteiger partial charge in [0.1, 0.15) is 22.4 Å². The second-order valence-electron chi connectivity index (χ2n) is 7.13. The van der Waals surface area contributed by atoms with E-state index in [9.17, 15) is 0 Å². The molecule has 124 valence electrons. The average molecular weight is 306 g/mol. The molecule has 2 aliphatic rings. The monoisotopic (exact) mass is 306 g/mol. The molecule has 0 radical (unpaired) electrons. The molecule has 0 amide bonds. The van der Waals surface area contributed by atoms with Crippen LogP contribution < -0.4 is 10.6 Å². The summed E-state index contributed by atoms with van der Waals surface area (Å²) in [5.74, 6) is 0. The van der Waals surface area contributed by atoms with Gasteiger partial charge in [-0.05, 0) is 40.5 Å². The summed E-state index contributed by atoms with van der Waals surface area (Å²) in [5, 5.41) is 16.4. The minimum absolute atomic E-state index is 0.363. The van der Waals surface area contributed by atoms with Gasteiger partial charge in [0.25, 0.3) is 0 Å². The van der Waals surface area contributed by atoms with E-state index in [1.165, 1.54) is 0 Å². The maximum Gasteiger partial charge on any atom is 0.136 e. The number of hydrogen-bond donors (Lipinski definition) is 2. The van der Waals surface area contributed by atoms with Crippen molar-refractivity contribution in [3.8, 4) is 0 Å². The van der Waals surface area contributed by atoms with Crippen molar-refractivity contribution in [1.82, 2.24) is 10.6 Å². The molecule has 2 aliphatic heterocycles. The van der Waals surface area contributed by atoms with E-state index < -0.39 is 11.1 Å². The second kappa shape index (κ2) is 5.81. The number of azo groups is 1. The first-order valence-electron chi connectivity index (χ1n) is 8.26. The van der Waals surface area contributed by atoms with Crippen molar-refractivity contribution < 1.29 is 0 Å². The zero-order valence-electron chi connectivity index (χ0n) is 14.8. The van der Waals surface area contributed by atoms with Crippen LogP contribution in [0.3, 0.4) is 0 Å². The lowest BCUT2D eigenvalue weighted by molar-refractivity contribution is 0.179. The summed E-state index contributed by atoms with van der Waals surface area (Å²) in [6.45, 7) is 14.2. The third kappa shape index (κ3) is 2.63. The van der Waals surface area contributed by atoms with Crippen LogP contribution in [0.5, 0.6) is 0 Å². The lowest BCUT2D eigenvalue weighted by Gasteiger charge is -2.41. The highest BCUT2D eigenvalue weighted by Gasteiger charge is 2.48. The van der Waals surface area contributed by atoms with Crippen molar-refractivity contribution in [2.24, 2.45) is 20.2 Å². The van der Waals surface area contributed by atoms with Crippen molar-refractivity contribution in [2.75, 3.05) is 13.1 Å². The molecule has 2 atom stereocenters. The summed E-state index contributed by atoms with van der Waals surface area (Å²) in [6, 6.07) is 0. The summed E-state index contributed by atoms with van der Waals surface area (Å²) in [7, 11) is 0. The van der Waals surface area contributed by atoms with Crippen LogP contribution in [-0.4, -0.2) is 47.9 Å². The van der Waals surface area contributed by atoms with E-state index in [0.29, 0.717) is 0 Å². The van der Waals surface area contributed by atoms with Crippen molar-refractivity contribution in [1.29, 1.82) is 0 Å². The topological polar surface area (TPSA) is 73.5 Å². The SMILES string of the molecule is CCC1(C(C)(C)N=NC(C)(C)C2(CC)N=CCN2)N=CCN1. The molecule has 0 aromatic carbocycles. The summed E-state index contributed by atoms with van der Waals surface area (Å²) >= 11 is 0. The first-order valence-corrected chi connectivity index (χ1v) is 8.26. The van der Waals surface area contributed by atoms with Crippen LogP contribution in [-0.2, 0) is 0 Å². The van der Waals surface area contributed by atoms with Gasteiger partial charge in [-0.15, -0.1) is 0 Å². The van der Waals surface area contributed by atoms with Crippen LogP contribution in [0.1, 0.15) is 54.4 Å². The molecule has 2 unspecified atom stereocenters. The highest BCUT2D eigenvalue weighted by atomic mass is 15.3. The molecule has 2 heterocycles. The molecule has 0 bridgehead atoms. The van der Waals surface area contributed by atoms with E-state index in [1.54, 1.807) is 0 Å². The number of nitrogens with one attached hydrogen (secondary N) is 2. The third-order valence-electron chi connectivity index (χ3n) is 5.19. The Labute approximate surface area is 134 Å². The van der Waals surface area contributed by atoms with Crippen molar-refractivity contribution >= 4 is 12.4 Å². The zero-order chi connectivity index (χ0) is 16.5. The molecule has 0 aromatic rings. The third-order valence-corrected chi connectivity index (χ3v) is 5.19. The van der Waals surface area contributed by atoms with E-state index in [0.717, 1.165) is 25.9 Å². The number of aliphatic imine (C=N–C) groups is 2. The smallest absolute Gasteiger partial charge is 0.136 e. The Morgan fingerprint density at radius 2 is 1.23 bits per heavy atom. The lowest BCUT2D eigenvalue weighted by Crippen LogP contribution is -2.57. The highest BCUT2D eigenvalue weighted by Crippen LogP contribution is 2.37. The van der Waals surface area contributed by atoms with Crippen molar-refractivity contribution in [2.45, 2.75) is 76.8 Å². The number of hydrogen-bond acceptors (Lipinski definition) is 6. The largest absolute Gasteiger partial charge is 0.286 e. The first kappa shape index (κ1) is 17.2. The molecule has 2 N–H and O–H groups in total. The maximum absolute atomic E-state index is 4.73. The van der Waals surface area contributed by atoms with Gasteiger partial charge in [0, 0.05) is 25.5 Å². The molecule has 0 saturated heterocycles. The molecule has 2 rings (SSSR count). The molecule has 0 saturated carbocycles. The van der Waals surface area contributed by atoms with Crippen molar-refractivity contribution in [3.63, 3.8) is 0 Å². The highest BCUT2D eigenvalue weighted by molar-refractivity contribution is 5.64. The molecule has 0 spiro atoms. The molecule has 0 aliphatic carbocycles. The molecule has 22 heavy (non-hydrogen) atoms. The van der Waals surface area contributed by atoms with Crippen LogP contribution in [0.4, 0.5) is 0 Å². The maximum atomic E-state index is 4.73. The molecular formula is C16H30N6. The number of rotatable bonds is 6. The fraction of sp³-hybridized carbons (Fsp3) is 0.875. The van der Waals surface area contributed by atoms with E-state index >= 15 is 0 Å². The van der Waals surface area contributed by atoms with Gasteiger partial charge in [0.05, 0.1) is 0 Å². The average Bonchev–Trinajstić information content (AvgIpc) is 3.15. The van der Waals surface area contributed by atoms with E-state index in [-0.39, 0.29) is 11.3 Å². The van der Waals surface area contributed by atoms with Gasteiger partial charge in [-0.2, -0.15) is 10.2 Å². The Kier molecular flexibility index (Phi) is 4.55. The second-order valence-corrected chi connectivity index (χ2v) is 7.13. The Bertz CT molecular complexity index is 449. The quantitative estimate of drug-likeness (QED) is 0.740. The summed E-state index contributed by atoms with van der Waals surface area (Å²) in [4.78, 5) is 9.32. The lowest BCUT2D eigenvalue weighted by atomic mass is 9.85. The molecule has 6 nitrogen and oxygen atoms in total. The van der Waals surface area contributed by atoms with Gasteiger partial charge in [0.15, 0.2) is 0 Å². The van der Waals surface area contributed by atoms with Crippen LogP contribution in [0.2, 0.25) is 0 Å². The van der Waals surface area contributed by atoms with Gasteiger partial charge < -0.3 is 0 Å². The van der Waals surface area contributed by atoms with Gasteiger partial charge in [-0.3, -0.25) is 20.6 Å². The van der Waals surface area contributed by atoms with Crippen LogP contribution in [0.25, 0.3) is 0 Å². The predicted octanol–water partition coefficient (Wildman–Crippen LogP) is 2.56. The van der Waals surface area contributed by atoms with Gasteiger partial charge in [0.2, 0.25) is 0 Å². The van der Waals surface area contributed by atoms with Crippen LogP contribution in [0.15, 0.2) is 20.2 Å². The minimum atomic E-state index is -0.413. The van der Waals surface area contributed by atoms with Crippen molar-refractivity contribution in [3.05, 3.63) is 0 Å². The first-order chi connectivity index (χ1) is 10.2. The molecular weight excluding hydrogens is 276 g/mol.